The molecular weight excluding hydrogens is 431 g/mol. The number of aromatic nitrogens is 2. The van der Waals surface area contributed by atoms with Gasteiger partial charge in [-0.15, -0.1) is 0 Å². The van der Waals surface area contributed by atoms with E-state index in [1.165, 1.54) is 6.07 Å². The molecule has 6 nitrogen and oxygen atoms in total. The van der Waals surface area contributed by atoms with Crippen LogP contribution < -0.4 is 15.5 Å². The Morgan fingerprint density at radius 3 is 2.52 bits per heavy atom. The maximum Gasteiger partial charge on any atom is 0.416 e. The zero-order chi connectivity index (χ0) is 21.8. The molecule has 3 heterocycles. The summed E-state index contributed by atoms with van der Waals surface area (Å²) in [5, 5.41) is 10.5. The molecule has 2 aromatic rings. The molecule has 1 aliphatic carbocycles. The van der Waals surface area contributed by atoms with Crippen molar-refractivity contribution in [2.45, 2.75) is 31.0 Å². The first-order valence-electron chi connectivity index (χ1n) is 10.5. The summed E-state index contributed by atoms with van der Waals surface area (Å²) >= 11 is 6.02. The lowest BCUT2D eigenvalue weighted by atomic mass is 9.76. The fourth-order valence-electron chi connectivity index (χ4n) is 4.88. The summed E-state index contributed by atoms with van der Waals surface area (Å²) in [6.45, 7) is 4.03. The highest BCUT2D eigenvalue weighted by molar-refractivity contribution is 6.33. The van der Waals surface area contributed by atoms with Gasteiger partial charge in [-0.1, -0.05) is 11.6 Å². The number of rotatable bonds is 4. The summed E-state index contributed by atoms with van der Waals surface area (Å²) in [6.07, 6.45) is 1.34. The first-order valence-corrected chi connectivity index (χ1v) is 10.8. The van der Waals surface area contributed by atoms with E-state index in [9.17, 15) is 18.0 Å². The molecule has 0 spiro atoms. The number of nitrogens with one attached hydrogen (secondary N) is 2. The van der Waals surface area contributed by atoms with Crippen molar-refractivity contribution in [1.29, 1.82) is 0 Å². The number of hydrogen-bond acceptors (Lipinski definition) is 4. The summed E-state index contributed by atoms with van der Waals surface area (Å²) in [5.41, 5.74) is -0.531. The Bertz CT molecular complexity index is 991. The largest absolute Gasteiger partial charge is 0.416 e. The van der Waals surface area contributed by atoms with Crippen LogP contribution in [-0.2, 0) is 16.5 Å². The van der Waals surface area contributed by atoms with Crippen molar-refractivity contribution in [3.05, 3.63) is 41.2 Å². The predicted octanol–water partition coefficient (Wildman–Crippen LogP) is 3.73. The van der Waals surface area contributed by atoms with Crippen LogP contribution in [0.2, 0.25) is 5.02 Å². The normalized spacial score (nSPS) is 24.7. The van der Waals surface area contributed by atoms with E-state index in [1.807, 2.05) is 6.20 Å². The molecular formula is C21H23ClF3N5O. The molecule has 2 N–H and O–H groups in total. The zero-order valence-electron chi connectivity index (χ0n) is 16.8. The van der Waals surface area contributed by atoms with E-state index in [0.717, 1.165) is 50.4 Å². The molecule has 1 amide bonds. The van der Waals surface area contributed by atoms with E-state index in [2.05, 4.69) is 20.6 Å². The summed E-state index contributed by atoms with van der Waals surface area (Å²) in [6, 6.07) is 2.94. The molecule has 1 aromatic carbocycles. The third-order valence-corrected chi connectivity index (χ3v) is 7.22. The molecule has 1 saturated carbocycles. The Balaban J connectivity index is 1.33. The van der Waals surface area contributed by atoms with Crippen molar-refractivity contribution >= 4 is 28.9 Å². The molecule has 2 atom stereocenters. The molecule has 10 heteroatoms. The first kappa shape index (κ1) is 20.6. The van der Waals surface area contributed by atoms with E-state index < -0.39 is 17.3 Å². The number of carbonyl (C=O) groups excluding carboxylic acids is 1. The minimum atomic E-state index is -4.49. The van der Waals surface area contributed by atoms with E-state index in [1.54, 1.807) is 10.9 Å². The van der Waals surface area contributed by atoms with E-state index in [4.69, 9.17) is 11.6 Å². The highest BCUT2D eigenvalue weighted by atomic mass is 35.5. The Labute approximate surface area is 182 Å². The molecule has 0 radical (unpaired) electrons. The fourth-order valence-corrected chi connectivity index (χ4v) is 5.11. The summed E-state index contributed by atoms with van der Waals surface area (Å²) in [5.74, 6) is 0.981. The Morgan fingerprint density at radius 1 is 1.23 bits per heavy atom. The molecule has 5 rings (SSSR count). The average Bonchev–Trinajstić information content (AvgIpc) is 3.37. The molecule has 1 aromatic heterocycles. The van der Waals surface area contributed by atoms with Gasteiger partial charge in [-0.3, -0.25) is 9.48 Å². The molecule has 31 heavy (non-hydrogen) atoms. The highest BCUT2D eigenvalue weighted by Gasteiger charge is 2.47. The van der Waals surface area contributed by atoms with Crippen molar-refractivity contribution in [3.63, 3.8) is 0 Å². The van der Waals surface area contributed by atoms with Crippen LogP contribution in [0.3, 0.4) is 0 Å². The number of nitrogens with zero attached hydrogens (tertiary/aromatic N) is 3. The molecule has 3 aliphatic rings. The van der Waals surface area contributed by atoms with Crippen LogP contribution in [0.5, 0.6) is 0 Å². The van der Waals surface area contributed by atoms with Gasteiger partial charge in [0, 0.05) is 32.4 Å². The Morgan fingerprint density at radius 2 is 1.94 bits per heavy atom. The Hall–Kier alpha value is -2.26. The molecule has 0 bridgehead atoms. The summed E-state index contributed by atoms with van der Waals surface area (Å²) in [7, 11) is 0. The van der Waals surface area contributed by atoms with Crippen molar-refractivity contribution in [2.24, 2.45) is 11.8 Å². The lowest BCUT2D eigenvalue weighted by Gasteiger charge is -2.40. The SMILES string of the molecule is O=C(Nc1ccc(C(F)(F)F)cc1Cl)C1(n2cc(N3CC4CNCC4C3)cn2)CCC1. The van der Waals surface area contributed by atoms with Gasteiger partial charge in [0.15, 0.2) is 0 Å². The molecule has 2 unspecified atom stereocenters. The second-order valence-corrected chi connectivity index (χ2v) is 9.17. The number of carbonyl (C=O) groups is 1. The van der Waals surface area contributed by atoms with Crippen molar-refractivity contribution in [2.75, 3.05) is 36.4 Å². The molecule has 2 saturated heterocycles. The van der Waals surface area contributed by atoms with Gasteiger partial charge in [-0.05, 0) is 49.3 Å². The van der Waals surface area contributed by atoms with Crippen molar-refractivity contribution in [1.82, 2.24) is 15.1 Å². The lowest BCUT2D eigenvalue weighted by Crippen LogP contribution is -2.51. The van der Waals surface area contributed by atoms with E-state index in [0.29, 0.717) is 24.7 Å². The van der Waals surface area contributed by atoms with Crippen LogP contribution >= 0.6 is 11.6 Å². The van der Waals surface area contributed by atoms with Crippen LogP contribution in [0.1, 0.15) is 24.8 Å². The minimum Gasteiger partial charge on any atom is -0.368 e. The third kappa shape index (κ3) is 3.57. The van der Waals surface area contributed by atoms with Gasteiger partial charge in [-0.2, -0.15) is 18.3 Å². The maximum absolute atomic E-state index is 13.2. The molecule has 2 aliphatic heterocycles. The monoisotopic (exact) mass is 453 g/mol. The van der Waals surface area contributed by atoms with Gasteiger partial charge in [-0.25, -0.2) is 0 Å². The van der Waals surface area contributed by atoms with Crippen LogP contribution in [0.4, 0.5) is 24.5 Å². The molecule has 3 fully saturated rings. The fraction of sp³-hybridized carbons (Fsp3) is 0.524. The number of benzene rings is 1. The number of amides is 1. The number of anilines is 2. The average molecular weight is 454 g/mol. The predicted molar refractivity (Wildman–Crippen MR) is 111 cm³/mol. The second-order valence-electron chi connectivity index (χ2n) is 8.76. The van der Waals surface area contributed by atoms with Crippen molar-refractivity contribution in [3.8, 4) is 0 Å². The van der Waals surface area contributed by atoms with Gasteiger partial charge in [0.05, 0.1) is 28.2 Å². The van der Waals surface area contributed by atoms with E-state index >= 15 is 0 Å². The van der Waals surface area contributed by atoms with Crippen molar-refractivity contribution < 1.29 is 18.0 Å². The first-order chi connectivity index (χ1) is 14.8. The maximum atomic E-state index is 13.2. The zero-order valence-corrected chi connectivity index (χ0v) is 17.5. The quantitative estimate of drug-likeness (QED) is 0.740. The molecule has 166 valence electrons. The smallest absolute Gasteiger partial charge is 0.368 e. The van der Waals surface area contributed by atoms with Gasteiger partial charge in [0.2, 0.25) is 0 Å². The van der Waals surface area contributed by atoms with Gasteiger partial charge in [0.1, 0.15) is 5.54 Å². The number of alkyl halides is 3. The summed E-state index contributed by atoms with van der Waals surface area (Å²) in [4.78, 5) is 15.5. The summed E-state index contributed by atoms with van der Waals surface area (Å²) < 4.78 is 40.3. The topological polar surface area (TPSA) is 62.2 Å². The Kier molecular flexibility index (Phi) is 4.93. The number of fused-ring (bicyclic) bond motifs is 1. The van der Waals surface area contributed by atoms with Crippen LogP contribution in [0, 0.1) is 11.8 Å². The van der Waals surface area contributed by atoms with Gasteiger partial charge >= 0.3 is 6.18 Å². The lowest BCUT2D eigenvalue weighted by molar-refractivity contribution is -0.137. The third-order valence-electron chi connectivity index (χ3n) is 6.91. The van der Waals surface area contributed by atoms with E-state index in [-0.39, 0.29) is 16.6 Å². The second kappa shape index (κ2) is 7.41. The number of halogens is 4. The standard InChI is InChI=1S/C21H23ClF3N5O/c22-17-6-15(21(23,24)25)2-3-18(17)28-19(31)20(4-1-5-20)30-12-16(9-27-30)29-10-13-7-26-8-14(13)11-29/h2-3,6,9,12-14,26H,1,4-5,7-8,10-11H2,(H,28,31). The number of hydrogen-bond donors (Lipinski definition) is 2. The van der Waals surface area contributed by atoms with Crippen LogP contribution in [-0.4, -0.2) is 41.9 Å². The van der Waals surface area contributed by atoms with Crippen LogP contribution in [0.15, 0.2) is 30.6 Å². The van der Waals surface area contributed by atoms with Gasteiger partial charge < -0.3 is 15.5 Å². The highest BCUT2D eigenvalue weighted by Crippen LogP contribution is 2.42. The van der Waals surface area contributed by atoms with Gasteiger partial charge in [0.25, 0.3) is 5.91 Å². The minimum absolute atomic E-state index is 0.143. The van der Waals surface area contributed by atoms with Crippen LogP contribution in [0.25, 0.3) is 0 Å².